The highest BCUT2D eigenvalue weighted by Gasteiger charge is 2.36. The quantitative estimate of drug-likeness (QED) is 0.363. The molecule has 0 bridgehead atoms. The van der Waals surface area contributed by atoms with Crippen molar-refractivity contribution in [2.45, 2.75) is 77.2 Å². The maximum Gasteiger partial charge on any atom is 0.348 e. The summed E-state index contributed by atoms with van der Waals surface area (Å²) in [4.78, 5) is 16.8. The number of hydrogen-bond acceptors (Lipinski definition) is 5. The molecule has 3 aromatic rings. The minimum Gasteiger partial charge on any atom is -0.493 e. The number of hydrogen-bond donors (Lipinski definition) is 1. The smallest absolute Gasteiger partial charge is 0.348 e. The summed E-state index contributed by atoms with van der Waals surface area (Å²) >= 11 is 0. The SMILES string of the molecule is Cc1ccc(OC(C)(Cc2ccc(OCCc3nc(C4CCCCC4)oc3C)cc2)C(=O)O)cc1. The van der Waals surface area contributed by atoms with E-state index < -0.39 is 11.6 Å². The van der Waals surface area contributed by atoms with E-state index in [-0.39, 0.29) is 6.42 Å². The number of aromatic nitrogens is 1. The molecule has 6 heteroatoms. The van der Waals surface area contributed by atoms with Crippen LogP contribution < -0.4 is 9.47 Å². The predicted molar refractivity (Wildman–Crippen MR) is 134 cm³/mol. The molecule has 1 aromatic heterocycles. The van der Waals surface area contributed by atoms with E-state index in [1.165, 1.54) is 32.1 Å². The Morgan fingerprint density at radius 3 is 2.34 bits per heavy atom. The molecule has 0 saturated heterocycles. The van der Waals surface area contributed by atoms with Gasteiger partial charge in [0.2, 0.25) is 5.60 Å². The van der Waals surface area contributed by atoms with Gasteiger partial charge < -0.3 is 19.0 Å². The first kappa shape index (κ1) is 24.8. The van der Waals surface area contributed by atoms with Gasteiger partial charge in [-0.2, -0.15) is 0 Å². The number of nitrogens with zero attached hydrogens (tertiary/aromatic N) is 1. The molecule has 0 radical (unpaired) electrons. The average Bonchev–Trinajstić information content (AvgIpc) is 3.22. The van der Waals surface area contributed by atoms with E-state index in [1.807, 2.05) is 50.2 Å². The first-order valence-electron chi connectivity index (χ1n) is 12.5. The lowest BCUT2D eigenvalue weighted by molar-refractivity contribution is -0.153. The largest absolute Gasteiger partial charge is 0.493 e. The molecule has 1 aliphatic carbocycles. The third-order valence-corrected chi connectivity index (χ3v) is 6.75. The molecular formula is C29H35NO5. The van der Waals surface area contributed by atoms with Crippen LogP contribution in [0.2, 0.25) is 0 Å². The van der Waals surface area contributed by atoms with E-state index in [9.17, 15) is 9.90 Å². The van der Waals surface area contributed by atoms with Crippen molar-refractivity contribution in [3.63, 3.8) is 0 Å². The summed E-state index contributed by atoms with van der Waals surface area (Å²) in [5.41, 5.74) is 1.54. The first-order chi connectivity index (χ1) is 16.8. The highest BCUT2D eigenvalue weighted by Crippen LogP contribution is 2.33. The van der Waals surface area contributed by atoms with Crippen molar-refractivity contribution >= 4 is 5.97 Å². The summed E-state index contributed by atoms with van der Waals surface area (Å²) < 4.78 is 17.8. The van der Waals surface area contributed by atoms with Crippen LogP contribution in [-0.2, 0) is 17.6 Å². The molecular weight excluding hydrogens is 442 g/mol. The van der Waals surface area contributed by atoms with Crippen molar-refractivity contribution < 1.29 is 23.8 Å². The van der Waals surface area contributed by atoms with Gasteiger partial charge in [0.05, 0.1) is 12.3 Å². The van der Waals surface area contributed by atoms with Crippen LogP contribution in [0.15, 0.2) is 52.9 Å². The Morgan fingerprint density at radius 1 is 1.03 bits per heavy atom. The molecule has 1 N–H and O–H groups in total. The Balaban J connectivity index is 1.31. The van der Waals surface area contributed by atoms with Crippen LogP contribution in [0.5, 0.6) is 11.5 Å². The van der Waals surface area contributed by atoms with E-state index in [4.69, 9.17) is 18.9 Å². The second-order valence-electron chi connectivity index (χ2n) is 9.76. The lowest BCUT2D eigenvalue weighted by atomic mass is 9.89. The number of oxazole rings is 1. The summed E-state index contributed by atoms with van der Waals surface area (Å²) in [6.07, 6.45) is 7.07. The normalized spacial score (nSPS) is 16.0. The lowest BCUT2D eigenvalue weighted by Gasteiger charge is -2.26. The monoisotopic (exact) mass is 477 g/mol. The molecule has 0 amide bonds. The first-order valence-corrected chi connectivity index (χ1v) is 12.5. The molecule has 1 heterocycles. The van der Waals surface area contributed by atoms with E-state index >= 15 is 0 Å². The van der Waals surface area contributed by atoms with Crippen molar-refractivity contribution in [1.29, 1.82) is 0 Å². The van der Waals surface area contributed by atoms with Crippen molar-refractivity contribution in [2.75, 3.05) is 6.61 Å². The van der Waals surface area contributed by atoms with E-state index in [1.54, 1.807) is 19.1 Å². The topological polar surface area (TPSA) is 81.8 Å². The van der Waals surface area contributed by atoms with Crippen LogP contribution in [0.3, 0.4) is 0 Å². The number of benzene rings is 2. The molecule has 1 unspecified atom stereocenters. The summed E-state index contributed by atoms with van der Waals surface area (Å²) in [6.45, 7) is 6.05. The van der Waals surface area contributed by atoms with Gasteiger partial charge in [-0.3, -0.25) is 0 Å². The number of carboxylic acids is 1. The molecule has 1 fully saturated rings. The Kier molecular flexibility index (Phi) is 7.79. The zero-order valence-corrected chi connectivity index (χ0v) is 20.9. The van der Waals surface area contributed by atoms with E-state index in [2.05, 4.69) is 0 Å². The molecule has 1 saturated carbocycles. The number of aliphatic carboxylic acids is 1. The minimum atomic E-state index is -1.38. The van der Waals surface area contributed by atoms with Gasteiger partial charge in [0.15, 0.2) is 5.89 Å². The number of aryl methyl sites for hydroxylation is 2. The molecule has 186 valence electrons. The van der Waals surface area contributed by atoms with Crippen molar-refractivity contribution in [2.24, 2.45) is 0 Å². The molecule has 1 atom stereocenters. The van der Waals surface area contributed by atoms with Gasteiger partial charge in [-0.25, -0.2) is 9.78 Å². The molecule has 0 spiro atoms. The van der Waals surface area contributed by atoms with E-state index in [0.717, 1.165) is 34.2 Å². The maximum absolute atomic E-state index is 12.0. The Hall–Kier alpha value is -3.28. The van der Waals surface area contributed by atoms with Crippen LogP contribution in [0.1, 0.15) is 73.4 Å². The number of carboxylic acid groups (broad SMARTS) is 1. The van der Waals surface area contributed by atoms with Crippen LogP contribution in [0.25, 0.3) is 0 Å². The summed E-state index contributed by atoms with van der Waals surface area (Å²) in [6, 6.07) is 14.9. The third-order valence-electron chi connectivity index (χ3n) is 6.75. The second kappa shape index (κ2) is 11.0. The molecule has 4 rings (SSSR count). The standard InChI is InChI=1S/C29H35NO5/c1-20-9-13-25(14-10-20)35-29(3,28(31)32)19-22-11-15-24(16-12-22)33-18-17-26-21(2)34-27(30-26)23-7-5-4-6-8-23/h9-16,23H,4-8,17-19H2,1-3H3,(H,31,32). The number of carbonyl (C=O) groups is 1. The third kappa shape index (κ3) is 6.44. The Morgan fingerprint density at radius 2 is 1.69 bits per heavy atom. The number of ether oxygens (including phenoxy) is 2. The van der Waals surface area contributed by atoms with Gasteiger partial charge in [-0.15, -0.1) is 0 Å². The van der Waals surface area contributed by atoms with Crippen LogP contribution in [0, 0.1) is 13.8 Å². The van der Waals surface area contributed by atoms with Crippen molar-refractivity contribution in [1.82, 2.24) is 4.98 Å². The zero-order chi connectivity index (χ0) is 24.8. The van der Waals surface area contributed by atoms with Gasteiger partial charge in [-0.1, -0.05) is 49.1 Å². The molecule has 2 aromatic carbocycles. The summed E-state index contributed by atoms with van der Waals surface area (Å²) in [7, 11) is 0. The fourth-order valence-corrected chi connectivity index (χ4v) is 4.59. The predicted octanol–water partition coefficient (Wildman–Crippen LogP) is 6.43. The van der Waals surface area contributed by atoms with Gasteiger partial charge in [0, 0.05) is 18.8 Å². The van der Waals surface area contributed by atoms with E-state index in [0.29, 0.717) is 24.7 Å². The molecule has 0 aliphatic heterocycles. The maximum atomic E-state index is 12.0. The molecule has 1 aliphatic rings. The average molecular weight is 478 g/mol. The highest BCUT2D eigenvalue weighted by atomic mass is 16.5. The fourth-order valence-electron chi connectivity index (χ4n) is 4.59. The molecule has 35 heavy (non-hydrogen) atoms. The Bertz CT molecular complexity index is 1110. The van der Waals surface area contributed by atoms with Gasteiger partial charge in [-0.05, 0) is 63.4 Å². The lowest BCUT2D eigenvalue weighted by Crippen LogP contribution is -2.43. The fraction of sp³-hybridized carbons (Fsp3) is 0.448. The highest BCUT2D eigenvalue weighted by molar-refractivity contribution is 5.78. The van der Waals surface area contributed by atoms with Crippen LogP contribution >= 0.6 is 0 Å². The summed E-state index contributed by atoms with van der Waals surface area (Å²) in [5, 5.41) is 9.83. The van der Waals surface area contributed by atoms with Crippen LogP contribution in [0.4, 0.5) is 0 Å². The van der Waals surface area contributed by atoms with Gasteiger partial charge in [0.25, 0.3) is 0 Å². The second-order valence-corrected chi connectivity index (χ2v) is 9.76. The minimum absolute atomic E-state index is 0.235. The Labute approximate surface area is 207 Å². The zero-order valence-electron chi connectivity index (χ0n) is 20.9. The van der Waals surface area contributed by atoms with Gasteiger partial charge in [0.1, 0.15) is 17.3 Å². The molecule has 6 nitrogen and oxygen atoms in total. The van der Waals surface area contributed by atoms with Crippen molar-refractivity contribution in [3.8, 4) is 11.5 Å². The van der Waals surface area contributed by atoms with Crippen LogP contribution in [-0.4, -0.2) is 28.3 Å². The van der Waals surface area contributed by atoms with Gasteiger partial charge >= 0.3 is 5.97 Å². The summed E-state index contributed by atoms with van der Waals surface area (Å²) in [5.74, 6) is 2.49. The number of rotatable bonds is 10. The van der Waals surface area contributed by atoms with Crippen molar-refractivity contribution in [3.05, 3.63) is 77.0 Å².